The van der Waals surface area contributed by atoms with E-state index in [1.54, 1.807) is 6.33 Å². The Labute approximate surface area is 231 Å². The van der Waals surface area contributed by atoms with Crippen molar-refractivity contribution < 1.29 is 14.3 Å². The number of fused-ring (bicyclic) bond motifs is 3. The fourth-order valence-electron chi connectivity index (χ4n) is 5.65. The van der Waals surface area contributed by atoms with E-state index >= 15 is 0 Å². The number of anilines is 2. The number of hydrogen-bond donors (Lipinski definition) is 2. The first-order chi connectivity index (χ1) is 17.9. The van der Waals surface area contributed by atoms with Gasteiger partial charge in [-0.25, -0.2) is 14.8 Å². The van der Waals surface area contributed by atoms with Gasteiger partial charge in [0.25, 0.3) is 0 Å². The minimum absolute atomic E-state index is 0.0966. The number of nitrogen functional groups attached to an aromatic ring is 1. The molecular formula is C29H43N5O3S. The largest absolute Gasteiger partial charge is 0.488 e. The maximum Gasteiger partial charge on any atom is 0.407 e. The predicted molar refractivity (Wildman–Crippen MR) is 156 cm³/mol. The molecule has 0 spiro atoms. The molecule has 1 aromatic carbocycles. The van der Waals surface area contributed by atoms with Gasteiger partial charge < -0.3 is 25.4 Å². The van der Waals surface area contributed by atoms with Gasteiger partial charge >= 0.3 is 6.09 Å². The maximum atomic E-state index is 12.2. The van der Waals surface area contributed by atoms with Crippen LogP contribution in [0.2, 0.25) is 0 Å². The molecule has 2 aliphatic carbocycles. The van der Waals surface area contributed by atoms with E-state index in [1.165, 1.54) is 5.56 Å². The van der Waals surface area contributed by atoms with Gasteiger partial charge in [-0.1, -0.05) is 13.8 Å². The number of nitrogens with one attached hydrogen (secondary N) is 1. The molecule has 0 bridgehead atoms. The van der Waals surface area contributed by atoms with Crippen LogP contribution in [0.15, 0.2) is 18.5 Å². The van der Waals surface area contributed by atoms with Crippen molar-refractivity contribution in [2.75, 3.05) is 36.2 Å². The third kappa shape index (κ3) is 6.30. The maximum absolute atomic E-state index is 12.2. The van der Waals surface area contributed by atoms with Crippen molar-refractivity contribution in [1.29, 1.82) is 0 Å². The van der Waals surface area contributed by atoms with Gasteiger partial charge in [0.15, 0.2) is 0 Å². The lowest BCUT2D eigenvalue weighted by atomic mass is 9.71. The Morgan fingerprint density at radius 2 is 1.92 bits per heavy atom. The Kier molecular flexibility index (Phi) is 8.35. The molecule has 1 aromatic heterocycles. The molecule has 0 saturated heterocycles. The molecular weight excluding hydrogens is 498 g/mol. The van der Waals surface area contributed by atoms with E-state index in [4.69, 9.17) is 15.2 Å². The lowest BCUT2D eigenvalue weighted by molar-refractivity contribution is 0.0471. The molecule has 0 radical (unpaired) electrons. The molecule has 1 heterocycles. The second-order valence-corrected chi connectivity index (χ2v) is 13.1. The van der Waals surface area contributed by atoms with E-state index in [0.717, 1.165) is 72.7 Å². The molecule has 4 rings (SSSR count). The number of carbonyl (C=O) groups is 1. The van der Waals surface area contributed by atoms with E-state index in [1.807, 2.05) is 32.5 Å². The minimum atomic E-state index is -0.498. The van der Waals surface area contributed by atoms with Gasteiger partial charge in [-0.15, -0.1) is 0 Å². The van der Waals surface area contributed by atoms with Crippen molar-refractivity contribution in [3.05, 3.63) is 29.6 Å². The second kappa shape index (κ2) is 11.2. The third-order valence-electron chi connectivity index (χ3n) is 7.37. The van der Waals surface area contributed by atoms with Gasteiger partial charge in [-0.3, -0.25) is 0 Å². The van der Waals surface area contributed by atoms with Crippen molar-refractivity contribution in [2.24, 2.45) is 0 Å². The zero-order chi connectivity index (χ0) is 27.7. The molecule has 0 atom stereocenters. The van der Waals surface area contributed by atoms with E-state index in [2.05, 4.69) is 59.5 Å². The SMILES string of the molecule is CSCCN(C)c1c(OC2CCC(NC(=O)OC(C)(C)C)CC2)ccc2c1CC(C)(C)c1c(N)ncnc1-2. The zero-order valence-corrected chi connectivity index (χ0v) is 24.7. The lowest BCUT2D eigenvalue weighted by Crippen LogP contribution is -2.42. The second-order valence-electron chi connectivity index (χ2n) is 12.1. The van der Waals surface area contributed by atoms with Crippen molar-refractivity contribution in [1.82, 2.24) is 15.3 Å². The summed E-state index contributed by atoms with van der Waals surface area (Å²) >= 11 is 1.84. The van der Waals surface area contributed by atoms with Crippen LogP contribution in [0.3, 0.4) is 0 Å². The fourth-order valence-corrected chi connectivity index (χ4v) is 6.11. The standard InChI is InChI=1S/C29H43N5O3S/c1-28(2,3)37-27(35)33-18-8-10-19(11-9-18)36-22-13-12-20-21(25(22)34(6)14-15-38-7)16-29(4,5)23-24(20)31-17-32-26(23)30/h12-13,17-19H,8-11,14-16H2,1-7H3,(H,33,35)(H2,30,31,32). The average molecular weight is 542 g/mol. The van der Waals surface area contributed by atoms with Crippen LogP contribution in [0, 0.1) is 0 Å². The first-order valence-corrected chi connectivity index (χ1v) is 14.9. The van der Waals surface area contributed by atoms with Gasteiger partial charge in [0.05, 0.1) is 17.5 Å². The Bertz CT molecular complexity index is 1160. The molecule has 9 heteroatoms. The lowest BCUT2D eigenvalue weighted by Gasteiger charge is -2.38. The number of hydrogen-bond acceptors (Lipinski definition) is 8. The van der Waals surface area contributed by atoms with Crippen LogP contribution < -0.4 is 20.7 Å². The van der Waals surface area contributed by atoms with E-state index in [-0.39, 0.29) is 23.7 Å². The highest BCUT2D eigenvalue weighted by molar-refractivity contribution is 7.98. The van der Waals surface area contributed by atoms with Gasteiger partial charge in [0, 0.05) is 36.5 Å². The van der Waals surface area contributed by atoms with Crippen molar-refractivity contribution in [3.8, 4) is 17.0 Å². The van der Waals surface area contributed by atoms with Crippen molar-refractivity contribution in [3.63, 3.8) is 0 Å². The van der Waals surface area contributed by atoms with E-state index in [9.17, 15) is 4.79 Å². The number of alkyl carbamates (subject to hydrolysis) is 1. The number of nitrogens with two attached hydrogens (primary N) is 1. The molecule has 208 valence electrons. The highest BCUT2D eigenvalue weighted by Crippen LogP contribution is 2.49. The molecule has 0 unspecified atom stereocenters. The van der Waals surface area contributed by atoms with Crippen LogP contribution in [0.1, 0.15) is 71.4 Å². The Balaban J connectivity index is 1.58. The molecule has 1 fully saturated rings. The summed E-state index contributed by atoms with van der Waals surface area (Å²) in [6, 6.07) is 4.33. The van der Waals surface area contributed by atoms with Gasteiger partial charge in [-0.2, -0.15) is 11.8 Å². The van der Waals surface area contributed by atoms with Crippen LogP contribution in [0.5, 0.6) is 5.75 Å². The Morgan fingerprint density at radius 3 is 2.58 bits per heavy atom. The molecule has 1 saturated carbocycles. The van der Waals surface area contributed by atoms with E-state index < -0.39 is 5.60 Å². The summed E-state index contributed by atoms with van der Waals surface area (Å²) in [6.45, 7) is 11.0. The minimum Gasteiger partial charge on any atom is -0.488 e. The Hall–Kier alpha value is -2.68. The summed E-state index contributed by atoms with van der Waals surface area (Å²) in [4.78, 5) is 23.5. The number of carbonyl (C=O) groups excluding carboxylic acids is 1. The van der Waals surface area contributed by atoms with Crippen LogP contribution >= 0.6 is 11.8 Å². The average Bonchev–Trinajstić information content (AvgIpc) is 2.82. The quantitative estimate of drug-likeness (QED) is 0.469. The molecule has 1 amide bonds. The summed E-state index contributed by atoms with van der Waals surface area (Å²) < 4.78 is 12.2. The first-order valence-electron chi connectivity index (χ1n) is 13.5. The number of amides is 1. The highest BCUT2D eigenvalue weighted by Gasteiger charge is 2.37. The number of rotatable bonds is 7. The highest BCUT2D eigenvalue weighted by atomic mass is 32.2. The zero-order valence-electron chi connectivity index (χ0n) is 23.9. The van der Waals surface area contributed by atoms with Crippen LogP contribution in [-0.4, -0.2) is 59.4 Å². The van der Waals surface area contributed by atoms with Crippen LogP contribution in [0.25, 0.3) is 11.3 Å². The van der Waals surface area contributed by atoms with Gasteiger partial charge in [0.1, 0.15) is 23.5 Å². The smallest absolute Gasteiger partial charge is 0.407 e. The summed E-state index contributed by atoms with van der Waals surface area (Å²) in [6.07, 6.45) is 7.76. The fraction of sp³-hybridized carbons (Fsp3) is 0.621. The molecule has 2 aliphatic rings. The monoisotopic (exact) mass is 541 g/mol. The number of nitrogens with zero attached hydrogens (tertiary/aromatic N) is 3. The van der Waals surface area contributed by atoms with Crippen LogP contribution in [0.4, 0.5) is 16.3 Å². The molecule has 38 heavy (non-hydrogen) atoms. The summed E-state index contributed by atoms with van der Waals surface area (Å²) in [5.74, 6) is 2.49. The first kappa shape index (κ1) is 28.3. The Morgan fingerprint density at radius 1 is 1.21 bits per heavy atom. The molecule has 2 aromatic rings. The number of thioether (sulfide) groups is 1. The normalized spacial score (nSPS) is 20.2. The third-order valence-corrected chi connectivity index (χ3v) is 7.97. The molecule has 8 nitrogen and oxygen atoms in total. The number of ether oxygens (including phenoxy) is 2. The predicted octanol–water partition coefficient (Wildman–Crippen LogP) is 5.57. The summed E-state index contributed by atoms with van der Waals surface area (Å²) in [7, 11) is 2.15. The summed E-state index contributed by atoms with van der Waals surface area (Å²) in [5.41, 5.74) is 11.1. The number of benzene rings is 1. The number of aromatic nitrogens is 2. The van der Waals surface area contributed by atoms with Gasteiger partial charge in [0.2, 0.25) is 0 Å². The van der Waals surface area contributed by atoms with E-state index in [0.29, 0.717) is 5.82 Å². The van der Waals surface area contributed by atoms with Gasteiger partial charge in [-0.05, 0) is 82.2 Å². The van der Waals surface area contributed by atoms with Crippen molar-refractivity contribution in [2.45, 2.75) is 89.9 Å². The molecule has 0 aliphatic heterocycles. The molecule has 3 N–H and O–H groups in total. The van der Waals surface area contributed by atoms with Crippen LogP contribution in [-0.2, 0) is 16.6 Å². The topological polar surface area (TPSA) is 103 Å². The van der Waals surface area contributed by atoms with Crippen molar-refractivity contribution >= 4 is 29.4 Å². The summed E-state index contributed by atoms with van der Waals surface area (Å²) in [5, 5.41) is 3.03.